The van der Waals surface area contributed by atoms with E-state index in [1.165, 1.54) is 28.7 Å². The molecular formula is C22H21BrO. The number of alkyl halides is 1. The summed E-state index contributed by atoms with van der Waals surface area (Å²) < 4.78 is 0. The Hall–Kier alpha value is -1.67. The van der Waals surface area contributed by atoms with Crippen LogP contribution in [0.1, 0.15) is 30.4 Å². The third-order valence-electron chi connectivity index (χ3n) is 5.65. The Balaban J connectivity index is 1.88. The number of halogens is 1. The van der Waals surface area contributed by atoms with Crippen LogP contribution >= 0.6 is 15.9 Å². The summed E-state index contributed by atoms with van der Waals surface area (Å²) in [7, 11) is 0. The summed E-state index contributed by atoms with van der Waals surface area (Å²) in [5, 5.41) is 0.486. The molecule has 2 aliphatic rings. The van der Waals surface area contributed by atoms with Crippen LogP contribution in [-0.4, -0.2) is 11.1 Å². The van der Waals surface area contributed by atoms with Gasteiger partial charge in [0, 0.05) is 5.92 Å². The molecule has 0 N–H and O–H groups in total. The number of Topliss-reactive ketones (excluding diaryl/α,β-unsaturated/α-hetero) is 1. The van der Waals surface area contributed by atoms with Crippen molar-refractivity contribution in [3.8, 4) is 0 Å². The van der Waals surface area contributed by atoms with Gasteiger partial charge in [0.2, 0.25) is 0 Å². The van der Waals surface area contributed by atoms with Gasteiger partial charge in [-0.3, -0.25) is 4.79 Å². The zero-order valence-corrected chi connectivity index (χ0v) is 15.2. The highest BCUT2D eigenvalue weighted by Crippen LogP contribution is 2.56. The Morgan fingerprint density at radius 1 is 0.917 bits per heavy atom. The van der Waals surface area contributed by atoms with Crippen LogP contribution in [0.25, 0.3) is 5.57 Å². The summed E-state index contributed by atoms with van der Waals surface area (Å²) in [6, 6.07) is 21.4. The molecule has 122 valence electrons. The van der Waals surface area contributed by atoms with Crippen molar-refractivity contribution in [2.75, 3.05) is 5.33 Å². The average molecular weight is 381 g/mol. The Morgan fingerprint density at radius 3 is 2.04 bits per heavy atom. The van der Waals surface area contributed by atoms with Gasteiger partial charge in [-0.1, -0.05) is 82.2 Å². The van der Waals surface area contributed by atoms with E-state index in [2.05, 4.69) is 76.6 Å². The van der Waals surface area contributed by atoms with Crippen LogP contribution in [0.2, 0.25) is 0 Å². The first-order chi connectivity index (χ1) is 11.8. The second-order valence-corrected chi connectivity index (χ2v) is 7.45. The van der Waals surface area contributed by atoms with E-state index in [9.17, 15) is 4.79 Å². The SMILES string of the molecule is O=C(CBr)C1CC2CCC1C2=C(c1ccccc1)c1ccccc1. The van der Waals surface area contributed by atoms with Crippen LogP contribution in [0.3, 0.4) is 0 Å². The number of hydrogen-bond donors (Lipinski definition) is 0. The quantitative estimate of drug-likeness (QED) is 0.640. The van der Waals surface area contributed by atoms with Gasteiger partial charge in [-0.05, 0) is 47.8 Å². The molecule has 0 radical (unpaired) electrons. The van der Waals surface area contributed by atoms with Gasteiger partial charge in [0.1, 0.15) is 5.78 Å². The molecule has 24 heavy (non-hydrogen) atoms. The number of carbonyl (C=O) groups is 1. The lowest BCUT2D eigenvalue weighted by atomic mass is 9.84. The van der Waals surface area contributed by atoms with Crippen LogP contribution in [-0.2, 0) is 4.79 Å². The summed E-state index contributed by atoms with van der Waals surface area (Å²) in [4.78, 5) is 12.4. The molecule has 2 fully saturated rings. The highest BCUT2D eigenvalue weighted by atomic mass is 79.9. The van der Waals surface area contributed by atoms with E-state index in [1.54, 1.807) is 0 Å². The summed E-state index contributed by atoms with van der Waals surface area (Å²) >= 11 is 3.38. The van der Waals surface area contributed by atoms with Crippen molar-refractivity contribution < 1.29 is 4.79 Å². The molecule has 2 heteroatoms. The van der Waals surface area contributed by atoms with Crippen molar-refractivity contribution in [2.45, 2.75) is 19.3 Å². The molecule has 0 heterocycles. The fraction of sp³-hybridized carbons (Fsp3) is 0.318. The standard InChI is InChI=1S/C22H21BrO/c23-14-20(24)19-13-17-11-12-18(19)22(17)21(15-7-3-1-4-8-15)16-9-5-2-6-10-16/h1-10,17-19H,11-14H2. The predicted molar refractivity (Wildman–Crippen MR) is 102 cm³/mol. The number of benzene rings is 2. The molecule has 2 aromatic carbocycles. The second-order valence-electron chi connectivity index (χ2n) is 6.89. The van der Waals surface area contributed by atoms with Crippen molar-refractivity contribution >= 4 is 27.3 Å². The van der Waals surface area contributed by atoms with Gasteiger partial charge in [-0.15, -0.1) is 0 Å². The number of fused-ring (bicyclic) bond motifs is 2. The molecule has 2 aliphatic carbocycles. The van der Waals surface area contributed by atoms with E-state index >= 15 is 0 Å². The largest absolute Gasteiger partial charge is 0.298 e. The Kier molecular flexibility index (Phi) is 4.41. The molecule has 3 atom stereocenters. The van der Waals surface area contributed by atoms with Crippen LogP contribution in [0, 0.1) is 17.8 Å². The Morgan fingerprint density at radius 2 is 1.50 bits per heavy atom. The molecule has 2 saturated carbocycles. The second kappa shape index (κ2) is 6.68. The molecule has 0 saturated heterocycles. The Bertz CT molecular complexity index is 722. The van der Waals surface area contributed by atoms with E-state index in [-0.39, 0.29) is 5.92 Å². The van der Waals surface area contributed by atoms with Crippen LogP contribution in [0.15, 0.2) is 66.2 Å². The lowest BCUT2D eigenvalue weighted by Gasteiger charge is -2.19. The number of rotatable bonds is 4. The predicted octanol–water partition coefficient (Wildman–Crippen LogP) is 5.50. The third-order valence-corrected chi connectivity index (χ3v) is 6.20. The molecule has 0 aromatic heterocycles. The monoisotopic (exact) mass is 380 g/mol. The van der Waals surface area contributed by atoms with Crippen LogP contribution < -0.4 is 0 Å². The van der Waals surface area contributed by atoms with Crippen molar-refractivity contribution in [3.05, 3.63) is 77.4 Å². The van der Waals surface area contributed by atoms with Gasteiger partial charge in [0.05, 0.1) is 5.33 Å². The van der Waals surface area contributed by atoms with Crippen molar-refractivity contribution in [1.29, 1.82) is 0 Å². The first kappa shape index (κ1) is 15.8. The topological polar surface area (TPSA) is 17.1 Å². The molecule has 4 rings (SSSR count). The Labute approximate surface area is 151 Å². The van der Waals surface area contributed by atoms with E-state index in [0.717, 1.165) is 12.8 Å². The van der Waals surface area contributed by atoms with Crippen molar-refractivity contribution in [3.63, 3.8) is 0 Å². The lowest BCUT2D eigenvalue weighted by Crippen LogP contribution is -2.21. The first-order valence-electron chi connectivity index (χ1n) is 8.73. The maximum atomic E-state index is 12.4. The molecule has 0 spiro atoms. The molecule has 2 bridgehead atoms. The summed E-state index contributed by atoms with van der Waals surface area (Å²) in [5.41, 5.74) is 5.46. The molecule has 1 nitrogen and oxygen atoms in total. The van der Waals surface area contributed by atoms with Gasteiger partial charge in [-0.2, -0.15) is 0 Å². The minimum atomic E-state index is 0.209. The van der Waals surface area contributed by atoms with Gasteiger partial charge >= 0.3 is 0 Å². The van der Waals surface area contributed by atoms with Crippen LogP contribution in [0.5, 0.6) is 0 Å². The zero-order valence-electron chi connectivity index (χ0n) is 13.6. The summed E-state index contributed by atoms with van der Waals surface area (Å²) in [6.07, 6.45) is 3.43. The number of ketones is 1. The average Bonchev–Trinajstić information content (AvgIpc) is 3.21. The molecule has 2 aromatic rings. The van der Waals surface area contributed by atoms with Crippen LogP contribution in [0.4, 0.5) is 0 Å². The highest BCUT2D eigenvalue weighted by Gasteiger charge is 2.47. The lowest BCUT2D eigenvalue weighted by molar-refractivity contribution is -0.121. The first-order valence-corrected chi connectivity index (χ1v) is 9.85. The molecule has 3 unspecified atom stereocenters. The maximum absolute atomic E-state index is 12.4. The minimum Gasteiger partial charge on any atom is -0.298 e. The normalized spacial score (nSPS) is 25.0. The molecule has 0 aliphatic heterocycles. The third kappa shape index (κ3) is 2.67. The summed E-state index contributed by atoms with van der Waals surface area (Å²) in [6.45, 7) is 0. The number of allylic oxidation sites excluding steroid dienone is 1. The molecular weight excluding hydrogens is 360 g/mol. The number of hydrogen-bond acceptors (Lipinski definition) is 1. The minimum absolute atomic E-state index is 0.209. The smallest absolute Gasteiger partial charge is 0.147 e. The highest BCUT2D eigenvalue weighted by molar-refractivity contribution is 9.09. The van der Waals surface area contributed by atoms with E-state index < -0.39 is 0 Å². The summed E-state index contributed by atoms with van der Waals surface area (Å²) in [5.74, 6) is 1.58. The van der Waals surface area contributed by atoms with Gasteiger partial charge in [0.15, 0.2) is 0 Å². The fourth-order valence-corrected chi connectivity index (χ4v) is 5.10. The number of carbonyl (C=O) groups excluding carboxylic acids is 1. The molecule has 0 amide bonds. The van der Waals surface area contributed by atoms with Crippen molar-refractivity contribution in [2.24, 2.45) is 17.8 Å². The van der Waals surface area contributed by atoms with E-state index in [1.807, 2.05) is 0 Å². The van der Waals surface area contributed by atoms with Crippen molar-refractivity contribution in [1.82, 2.24) is 0 Å². The fourth-order valence-electron chi connectivity index (χ4n) is 4.68. The van der Waals surface area contributed by atoms with Gasteiger partial charge in [0.25, 0.3) is 0 Å². The van der Waals surface area contributed by atoms with Gasteiger partial charge in [-0.25, -0.2) is 0 Å². The van der Waals surface area contributed by atoms with E-state index in [0.29, 0.717) is 22.9 Å². The van der Waals surface area contributed by atoms with Gasteiger partial charge < -0.3 is 0 Å². The van der Waals surface area contributed by atoms with E-state index in [4.69, 9.17) is 0 Å². The zero-order chi connectivity index (χ0) is 16.5. The maximum Gasteiger partial charge on any atom is 0.147 e.